The minimum absolute atomic E-state index is 0.177. The predicted molar refractivity (Wildman–Crippen MR) is 90.0 cm³/mol. The lowest BCUT2D eigenvalue weighted by atomic mass is 9.97. The number of carboxylic acid groups (broad SMARTS) is 1. The number of benzene rings is 1. The van der Waals surface area contributed by atoms with Gasteiger partial charge in [0, 0.05) is 23.6 Å². The van der Waals surface area contributed by atoms with Crippen LogP contribution < -0.4 is 10.6 Å². The zero-order valence-electron chi connectivity index (χ0n) is 13.3. The number of hydrogen-bond acceptors (Lipinski definition) is 3. The average molecular weight is 353 g/mol. The first-order valence-corrected chi connectivity index (χ1v) is 8.39. The van der Waals surface area contributed by atoms with Gasteiger partial charge in [0.15, 0.2) is 0 Å². The van der Waals surface area contributed by atoms with Gasteiger partial charge in [0.1, 0.15) is 5.54 Å². The molecule has 1 aliphatic rings. The maximum absolute atomic E-state index is 12.0. The van der Waals surface area contributed by atoms with E-state index in [-0.39, 0.29) is 18.2 Å². The van der Waals surface area contributed by atoms with E-state index in [1.807, 2.05) is 0 Å². The number of nitrogens with one attached hydrogen (secondary N) is 2. The van der Waals surface area contributed by atoms with Gasteiger partial charge in [-0.3, -0.25) is 9.59 Å². The quantitative estimate of drug-likeness (QED) is 0.656. The fourth-order valence-corrected chi connectivity index (χ4v) is 2.98. The summed E-state index contributed by atoms with van der Waals surface area (Å²) in [5.41, 5.74) is -0.608. The highest BCUT2D eigenvalue weighted by Gasteiger charge is 2.42. The average Bonchev–Trinajstić information content (AvgIpc) is 3.02. The predicted octanol–water partition coefficient (Wildman–Crippen LogP) is 2.36. The van der Waals surface area contributed by atoms with E-state index in [1.165, 1.54) is 0 Å². The Kier molecular flexibility index (Phi) is 6.20. The van der Waals surface area contributed by atoms with Gasteiger partial charge in [-0.05, 0) is 43.5 Å². The summed E-state index contributed by atoms with van der Waals surface area (Å²) in [6, 6.07) is 6.52. The molecule has 0 bridgehead atoms. The lowest BCUT2D eigenvalue weighted by Crippen LogP contribution is -2.52. The molecular formula is C17H21ClN2O4. The Morgan fingerprint density at radius 1 is 1.12 bits per heavy atom. The van der Waals surface area contributed by atoms with Crippen molar-refractivity contribution in [1.82, 2.24) is 10.6 Å². The first-order valence-electron chi connectivity index (χ1n) is 8.01. The molecule has 1 aliphatic carbocycles. The Bertz CT molecular complexity index is 610. The molecule has 0 saturated heterocycles. The molecule has 0 atom stereocenters. The standard InChI is InChI=1S/C17H21ClN2O4/c18-13-7-5-12(6-8-13)15(22)19-11-3-4-14(21)20-17(16(23)24)9-1-2-10-17/h5-8H,1-4,9-11H2,(H,19,22)(H,20,21)(H,23,24). The second-order valence-corrected chi connectivity index (χ2v) is 6.45. The van der Waals surface area contributed by atoms with Crippen LogP contribution >= 0.6 is 11.6 Å². The van der Waals surface area contributed by atoms with Crippen LogP contribution in [0.3, 0.4) is 0 Å². The third-order valence-corrected chi connectivity index (χ3v) is 4.47. The fraction of sp³-hybridized carbons (Fsp3) is 0.471. The molecule has 24 heavy (non-hydrogen) atoms. The van der Waals surface area contributed by atoms with Crippen LogP contribution in [0.5, 0.6) is 0 Å². The highest BCUT2D eigenvalue weighted by atomic mass is 35.5. The topological polar surface area (TPSA) is 95.5 Å². The van der Waals surface area contributed by atoms with E-state index in [2.05, 4.69) is 10.6 Å². The molecule has 2 rings (SSSR count). The maximum Gasteiger partial charge on any atom is 0.329 e. The second-order valence-electron chi connectivity index (χ2n) is 6.01. The summed E-state index contributed by atoms with van der Waals surface area (Å²) in [5.74, 6) is -1.49. The molecule has 2 amide bonds. The van der Waals surface area contributed by atoms with Crippen molar-refractivity contribution >= 4 is 29.4 Å². The number of amides is 2. The van der Waals surface area contributed by atoms with Crippen molar-refractivity contribution in [3.63, 3.8) is 0 Å². The van der Waals surface area contributed by atoms with Gasteiger partial charge in [-0.25, -0.2) is 4.79 Å². The lowest BCUT2D eigenvalue weighted by molar-refractivity contribution is -0.147. The van der Waals surface area contributed by atoms with Crippen molar-refractivity contribution in [3.05, 3.63) is 34.9 Å². The zero-order chi connectivity index (χ0) is 17.6. The third-order valence-electron chi connectivity index (χ3n) is 4.22. The first kappa shape index (κ1) is 18.3. The van der Waals surface area contributed by atoms with Gasteiger partial charge in [-0.2, -0.15) is 0 Å². The van der Waals surface area contributed by atoms with Crippen LogP contribution in [-0.2, 0) is 9.59 Å². The summed E-state index contributed by atoms with van der Waals surface area (Å²) in [7, 11) is 0. The number of aliphatic carboxylic acids is 1. The van der Waals surface area contributed by atoms with Crippen molar-refractivity contribution in [2.24, 2.45) is 0 Å². The van der Waals surface area contributed by atoms with Gasteiger partial charge >= 0.3 is 5.97 Å². The fourth-order valence-electron chi connectivity index (χ4n) is 2.85. The smallest absolute Gasteiger partial charge is 0.329 e. The first-order chi connectivity index (χ1) is 11.4. The second kappa shape index (κ2) is 8.15. The van der Waals surface area contributed by atoms with Crippen molar-refractivity contribution in [1.29, 1.82) is 0 Å². The monoisotopic (exact) mass is 352 g/mol. The SMILES string of the molecule is O=C(CCCNC(=O)c1ccc(Cl)cc1)NC1(C(=O)O)CCCC1. The molecule has 1 aromatic rings. The highest BCUT2D eigenvalue weighted by Crippen LogP contribution is 2.30. The lowest BCUT2D eigenvalue weighted by Gasteiger charge is -2.25. The number of carbonyl (C=O) groups is 3. The van der Waals surface area contributed by atoms with Gasteiger partial charge in [0.25, 0.3) is 5.91 Å². The van der Waals surface area contributed by atoms with E-state index in [0.717, 1.165) is 12.8 Å². The highest BCUT2D eigenvalue weighted by molar-refractivity contribution is 6.30. The number of hydrogen-bond donors (Lipinski definition) is 3. The van der Waals surface area contributed by atoms with E-state index >= 15 is 0 Å². The summed E-state index contributed by atoms with van der Waals surface area (Å²) < 4.78 is 0. The maximum atomic E-state index is 12.0. The summed E-state index contributed by atoms with van der Waals surface area (Å²) in [6.45, 7) is 0.342. The molecule has 0 unspecified atom stereocenters. The summed E-state index contributed by atoms with van der Waals surface area (Å²) >= 11 is 5.76. The van der Waals surface area contributed by atoms with Crippen LogP contribution in [0.2, 0.25) is 5.02 Å². The van der Waals surface area contributed by atoms with Crippen LogP contribution in [0.25, 0.3) is 0 Å². The summed E-state index contributed by atoms with van der Waals surface area (Å²) in [6.07, 6.45) is 3.19. The van der Waals surface area contributed by atoms with Crippen molar-refractivity contribution < 1.29 is 19.5 Å². The van der Waals surface area contributed by atoms with Crippen LogP contribution in [0.1, 0.15) is 48.9 Å². The Morgan fingerprint density at radius 3 is 2.33 bits per heavy atom. The van der Waals surface area contributed by atoms with E-state index in [4.69, 9.17) is 11.6 Å². The Hall–Kier alpha value is -2.08. The minimum Gasteiger partial charge on any atom is -0.480 e. The molecule has 0 heterocycles. The molecule has 0 aromatic heterocycles. The number of carbonyl (C=O) groups excluding carboxylic acids is 2. The van der Waals surface area contributed by atoms with Gasteiger partial charge in [-0.15, -0.1) is 0 Å². The minimum atomic E-state index is -1.11. The number of halogens is 1. The molecule has 6 nitrogen and oxygen atoms in total. The molecule has 130 valence electrons. The molecule has 1 aromatic carbocycles. The van der Waals surface area contributed by atoms with Crippen LogP contribution in [0, 0.1) is 0 Å². The number of carboxylic acids is 1. The van der Waals surface area contributed by atoms with Crippen molar-refractivity contribution in [2.45, 2.75) is 44.1 Å². The largest absolute Gasteiger partial charge is 0.480 e. The van der Waals surface area contributed by atoms with E-state index in [1.54, 1.807) is 24.3 Å². The number of rotatable bonds is 7. The van der Waals surface area contributed by atoms with Crippen molar-refractivity contribution in [3.8, 4) is 0 Å². The molecule has 1 saturated carbocycles. The Balaban J connectivity index is 1.72. The molecule has 3 N–H and O–H groups in total. The molecular weight excluding hydrogens is 332 g/mol. The van der Waals surface area contributed by atoms with Gasteiger partial charge in [0.2, 0.25) is 5.91 Å². The molecule has 7 heteroatoms. The summed E-state index contributed by atoms with van der Waals surface area (Å²) in [5, 5.41) is 15.3. The molecule has 0 radical (unpaired) electrons. The van der Waals surface area contributed by atoms with Gasteiger partial charge < -0.3 is 15.7 Å². The van der Waals surface area contributed by atoms with E-state index < -0.39 is 11.5 Å². The van der Waals surface area contributed by atoms with E-state index in [9.17, 15) is 19.5 Å². The molecule has 0 aliphatic heterocycles. The van der Waals surface area contributed by atoms with E-state index in [0.29, 0.717) is 36.4 Å². The summed E-state index contributed by atoms with van der Waals surface area (Å²) in [4.78, 5) is 35.2. The molecule has 1 fully saturated rings. The van der Waals surface area contributed by atoms with Crippen molar-refractivity contribution in [2.75, 3.05) is 6.54 Å². The Morgan fingerprint density at radius 2 is 1.75 bits per heavy atom. The van der Waals surface area contributed by atoms with Crippen LogP contribution in [0.4, 0.5) is 0 Å². The van der Waals surface area contributed by atoms with Gasteiger partial charge in [-0.1, -0.05) is 24.4 Å². The zero-order valence-corrected chi connectivity index (χ0v) is 14.1. The molecule has 0 spiro atoms. The third kappa shape index (κ3) is 4.71. The van der Waals surface area contributed by atoms with Crippen LogP contribution in [0.15, 0.2) is 24.3 Å². The normalized spacial score (nSPS) is 15.7. The van der Waals surface area contributed by atoms with Crippen LogP contribution in [-0.4, -0.2) is 35.0 Å². The van der Waals surface area contributed by atoms with Gasteiger partial charge in [0.05, 0.1) is 0 Å². The Labute approximate surface area is 145 Å².